The zero-order chi connectivity index (χ0) is 17.8. The maximum absolute atomic E-state index is 6.01. The van der Waals surface area contributed by atoms with Gasteiger partial charge in [0.15, 0.2) is 5.82 Å². The van der Waals surface area contributed by atoms with Crippen LogP contribution in [0.5, 0.6) is 0 Å². The molecule has 1 fully saturated rings. The molecule has 3 aromatic rings. The molecule has 1 aromatic heterocycles. The highest BCUT2D eigenvalue weighted by Crippen LogP contribution is 2.33. The average Bonchev–Trinajstić information content (AvgIpc) is 2.70. The molecule has 1 heterocycles. The second-order valence-corrected chi connectivity index (χ2v) is 7.33. The lowest BCUT2D eigenvalue weighted by Gasteiger charge is -2.22. The molecule has 26 heavy (non-hydrogen) atoms. The zero-order valence-electron chi connectivity index (χ0n) is 14.7. The van der Waals surface area contributed by atoms with Gasteiger partial charge in [-0.05, 0) is 54.7 Å². The van der Waals surface area contributed by atoms with Gasteiger partial charge < -0.3 is 5.32 Å². The molecular weight excluding hydrogens is 342 g/mol. The fourth-order valence-electron chi connectivity index (χ4n) is 3.63. The minimum atomic E-state index is 0.692. The summed E-state index contributed by atoms with van der Waals surface area (Å²) in [7, 11) is 0. The lowest BCUT2D eigenvalue weighted by atomic mass is 9.84. The van der Waals surface area contributed by atoms with Crippen LogP contribution in [0, 0.1) is 0 Å². The summed E-state index contributed by atoms with van der Waals surface area (Å²) < 4.78 is 0. The van der Waals surface area contributed by atoms with Gasteiger partial charge in [0.05, 0.1) is 5.69 Å². The lowest BCUT2D eigenvalue weighted by molar-refractivity contribution is 0.443. The van der Waals surface area contributed by atoms with Crippen LogP contribution in [-0.4, -0.2) is 10.2 Å². The molecule has 4 rings (SSSR count). The van der Waals surface area contributed by atoms with Crippen molar-refractivity contribution >= 4 is 23.1 Å². The van der Waals surface area contributed by atoms with Gasteiger partial charge in [-0.3, -0.25) is 0 Å². The Labute approximate surface area is 159 Å². The van der Waals surface area contributed by atoms with E-state index in [1.807, 2.05) is 36.4 Å². The van der Waals surface area contributed by atoms with Crippen LogP contribution in [0.3, 0.4) is 0 Å². The Hall–Kier alpha value is -2.39. The van der Waals surface area contributed by atoms with Gasteiger partial charge >= 0.3 is 0 Å². The smallest absolute Gasteiger partial charge is 0.153 e. The Morgan fingerprint density at radius 1 is 0.846 bits per heavy atom. The van der Waals surface area contributed by atoms with E-state index in [1.54, 1.807) is 0 Å². The van der Waals surface area contributed by atoms with Gasteiger partial charge in [-0.1, -0.05) is 61.2 Å². The van der Waals surface area contributed by atoms with Crippen LogP contribution in [0.15, 0.2) is 60.7 Å². The summed E-state index contributed by atoms with van der Waals surface area (Å²) in [5.74, 6) is 1.43. The van der Waals surface area contributed by atoms with Gasteiger partial charge in [-0.15, -0.1) is 10.2 Å². The number of aromatic nitrogens is 2. The van der Waals surface area contributed by atoms with Crippen molar-refractivity contribution < 1.29 is 0 Å². The number of nitrogens with one attached hydrogen (secondary N) is 1. The third-order valence-corrected chi connectivity index (χ3v) is 5.28. The number of hydrogen-bond acceptors (Lipinski definition) is 3. The SMILES string of the molecule is Clc1cccc(Nc2ccc(-c3ccc(C4CCCCC4)cc3)nn2)c1. The molecule has 0 saturated heterocycles. The molecule has 1 aliphatic rings. The second-order valence-electron chi connectivity index (χ2n) is 6.90. The van der Waals surface area contributed by atoms with E-state index < -0.39 is 0 Å². The van der Waals surface area contributed by atoms with Crippen molar-refractivity contribution in [2.24, 2.45) is 0 Å². The van der Waals surface area contributed by atoms with Crippen molar-refractivity contribution in [3.63, 3.8) is 0 Å². The van der Waals surface area contributed by atoms with Crippen molar-refractivity contribution in [1.82, 2.24) is 10.2 Å². The van der Waals surface area contributed by atoms with Crippen molar-refractivity contribution in [2.45, 2.75) is 38.0 Å². The number of nitrogens with zero attached hydrogens (tertiary/aromatic N) is 2. The van der Waals surface area contributed by atoms with Crippen molar-refractivity contribution in [1.29, 1.82) is 0 Å². The molecule has 0 bridgehead atoms. The first kappa shape index (κ1) is 17.0. The fourth-order valence-corrected chi connectivity index (χ4v) is 3.82. The van der Waals surface area contributed by atoms with Crippen molar-refractivity contribution in [2.75, 3.05) is 5.32 Å². The number of halogens is 1. The number of benzene rings is 2. The maximum Gasteiger partial charge on any atom is 0.153 e. The average molecular weight is 364 g/mol. The van der Waals surface area contributed by atoms with E-state index in [9.17, 15) is 0 Å². The Kier molecular flexibility index (Phi) is 5.16. The van der Waals surface area contributed by atoms with Crippen molar-refractivity contribution in [3.8, 4) is 11.3 Å². The molecule has 132 valence electrons. The summed E-state index contributed by atoms with van der Waals surface area (Å²) in [6.45, 7) is 0. The molecule has 0 unspecified atom stereocenters. The molecule has 1 aliphatic carbocycles. The Morgan fingerprint density at radius 2 is 1.65 bits per heavy atom. The van der Waals surface area contributed by atoms with E-state index in [1.165, 1.54) is 37.7 Å². The summed E-state index contributed by atoms with van der Waals surface area (Å²) in [4.78, 5) is 0. The summed E-state index contributed by atoms with van der Waals surface area (Å²) in [5, 5.41) is 12.6. The molecule has 1 N–H and O–H groups in total. The quantitative estimate of drug-likeness (QED) is 0.568. The first-order valence-corrected chi connectivity index (χ1v) is 9.62. The van der Waals surface area contributed by atoms with Gasteiger partial charge in [0.25, 0.3) is 0 Å². The number of rotatable bonds is 4. The van der Waals surface area contributed by atoms with Crippen LogP contribution in [0.4, 0.5) is 11.5 Å². The molecule has 1 saturated carbocycles. The molecule has 4 heteroatoms. The third kappa shape index (κ3) is 4.05. The van der Waals surface area contributed by atoms with Crippen molar-refractivity contribution in [3.05, 3.63) is 71.2 Å². The minimum Gasteiger partial charge on any atom is -0.339 e. The molecule has 0 spiro atoms. The van der Waals surface area contributed by atoms with E-state index in [-0.39, 0.29) is 0 Å². The normalized spacial score (nSPS) is 15.0. The first-order chi connectivity index (χ1) is 12.8. The lowest BCUT2D eigenvalue weighted by Crippen LogP contribution is -2.04. The molecule has 2 aromatic carbocycles. The summed E-state index contributed by atoms with van der Waals surface area (Å²) in [5.41, 5.74) is 4.35. The second kappa shape index (κ2) is 7.88. The fraction of sp³-hybridized carbons (Fsp3) is 0.273. The molecule has 0 atom stereocenters. The van der Waals surface area contributed by atoms with Crippen LogP contribution in [-0.2, 0) is 0 Å². The van der Waals surface area contributed by atoms with E-state index in [0.29, 0.717) is 10.8 Å². The monoisotopic (exact) mass is 363 g/mol. The Bertz CT molecular complexity index is 853. The van der Waals surface area contributed by atoms with Gasteiger partial charge in [0, 0.05) is 16.3 Å². The van der Waals surface area contributed by atoms with E-state index in [4.69, 9.17) is 11.6 Å². The van der Waals surface area contributed by atoms with Crippen LogP contribution < -0.4 is 5.32 Å². The third-order valence-electron chi connectivity index (χ3n) is 5.04. The standard InChI is InChI=1S/C22H22ClN3/c23-19-7-4-8-20(15-19)24-22-14-13-21(25-26-22)18-11-9-17(10-12-18)16-5-2-1-3-6-16/h4,7-16H,1-3,5-6H2,(H,24,26). The largest absolute Gasteiger partial charge is 0.339 e. The highest BCUT2D eigenvalue weighted by molar-refractivity contribution is 6.30. The van der Waals surface area contributed by atoms with Crippen LogP contribution in [0.1, 0.15) is 43.6 Å². The summed E-state index contributed by atoms with van der Waals surface area (Å²) in [6, 6.07) is 20.3. The van der Waals surface area contributed by atoms with Crippen LogP contribution in [0.25, 0.3) is 11.3 Å². The Morgan fingerprint density at radius 3 is 2.35 bits per heavy atom. The maximum atomic E-state index is 6.01. The van der Waals surface area contributed by atoms with Crippen LogP contribution >= 0.6 is 11.6 Å². The molecular formula is C22H22ClN3. The molecule has 0 aliphatic heterocycles. The molecule has 0 amide bonds. The number of hydrogen-bond donors (Lipinski definition) is 1. The Balaban J connectivity index is 1.46. The van der Waals surface area contributed by atoms with Gasteiger partial charge in [0.1, 0.15) is 0 Å². The van der Waals surface area contributed by atoms with E-state index >= 15 is 0 Å². The number of anilines is 2. The van der Waals surface area contributed by atoms with Gasteiger partial charge in [-0.2, -0.15) is 0 Å². The highest BCUT2D eigenvalue weighted by Gasteiger charge is 2.15. The van der Waals surface area contributed by atoms with Crippen LogP contribution in [0.2, 0.25) is 5.02 Å². The summed E-state index contributed by atoms with van der Waals surface area (Å²) >= 11 is 6.01. The highest BCUT2D eigenvalue weighted by atomic mass is 35.5. The summed E-state index contributed by atoms with van der Waals surface area (Å²) in [6.07, 6.45) is 6.75. The predicted molar refractivity (Wildman–Crippen MR) is 108 cm³/mol. The first-order valence-electron chi connectivity index (χ1n) is 9.24. The minimum absolute atomic E-state index is 0.692. The molecule has 3 nitrogen and oxygen atoms in total. The predicted octanol–water partition coefficient (Wildman–Crippen LogP) is 6.59. The van der Waals surface area contributed by atoms with E-state index in [0.717, 1.165) is 22.9 Å². The van der Waals surface area contributed by atoms with Gasteiger partial charge in [-0.25, -0.2) is 0 Å². The van der Waals surface area contributed by atoms with E-state index in [2.05, 4.69) is 39.8 Å². The zero-order valence-corrected chi connectivity index (χ0v) is 15.4. The molecule has 0 radical (unpaired) electrons. The topological polar surface area (TPSA) is 37.8 Å². The van der Waals surface area contributed by atoms with Gasteiger partial charge in [0.2, 0.25) is 0 Å².